The number of hydrogen-bond acceptors (Lipinski definition) is 3. The average molecular weight is 331 g/mol. The Kier molecular flexibility index (Phi) is 4.66. The average Bonchev–Trinajstić information content (AvgIpc) is 2.97. The van der Waals surface area contributed by atoms with Crippen LogP contribution in [0.4, 0.5) is 20.2 Å². The number of halogens is 2. The zero-order valence-electron chi connectivity index (χ0n) is 13.5. The van der Waals surface area contributed by atoms with E-state index in [-0.39, 0.29) is 18.0 Å². The van der Waals surface area contributed by atoms with E-state index >= 15 is 0 Å². The third kappa shape index (κ3) is 3.05. The van der Waals surface area contributed by atoms with Gasteiger partial charge in [0.1, 0.15) is 0 Å². The third-order valence-corrected chi connectivity index (χ3v) is 3.76. The lowest BCUT2D eigenvalue weighted by Gasteiger charge is -2.11. The van der Waals surface area contributed by atoms with Gasteiger partial charge in [-0.1, -0.05) is 6.07 Å². The minimum atomic E-state index is -0.987. The van der Waals surface area contributed by atoms with Crippen LogP contribution in [0, 0.1) is 11.6 Å². The maximum absolute atomic E-state index is 14.2. The van der Waals surface area contributed by atoms with Gasteiger partial charge in [0.2, 0.25) is 5.82 Å². The fourth-order valence-corrected chi connectivity index (χ4v) is 2.65. The summed E-state index contributed by atoms with van der Waals surface area (Å²) in [4.78, 5) is 3.18. The fraction of sp³-hybridized carbons (Fsp3) is 0.222. The molecule has 0 bridgehead atoms. The number of ether oxygens (including phenoxy) is 1. The van der Waals surface area contributed by atoms with E-state index < -0.39 is 11.6 Å². The Morgan fingerprint density at radius 3 is 2.71 bits per heavy atom. The lowest BCUT2D eigenvalue weighted by atomic mass is 10.1. The van der Waals surface area contributed by atoms with Crippen molar-refractivity contribution in [2.45, 2.75) is 13.5 Å². The number of benzene rings is 2. The molecule has 0 atom stereocenters. The van der Waals surface area contributed by atoms with Crippen molar-refractivity contribution in [2.75, 3.05) is 19.0 Å². The summed E-state index contributed by atoms with van der Waals surface area (Å²) in [5, 5.41) is 7.11. The quantitative estimate of drug-likeness (QED) is 0.631. The third-order valence-electron chi connectivity index (χ3n) is 3.76. The van der Waals surface area contributed by atoms with Gasteiger partial charge in [-0.15, -0.1) is 0 Å². The molecule has 2 aromatic carbocycles. The molecule has 0 saturated heterocycles. The molecule has 6 heteroatoms. The lowest BCUT2D eigenvalue weighted by molar-refractivity contribution is 0.314. The largest absolute Gasteiger partial charge is 0.491 e. The molecule has 0 spiro atoms. The molecule has 3 aromatic rings. The summed E-state index contributed by atoms with van der Waals surface area (Å²) in [6.07, 6.45) is 1.93. The Morgan fingerprint density at radius 2 is 1.96 bits per heavy atom. The zero-order chi connectivity index (χ0) is 17.1. The molecule has 0 aliphatic rings. The molecule has 0 fully saturated rings. The zero-order valence-corrected chi connectivity index (χ0v) is 13.5. The lowest BCUT2D eigenvalue weighted by Crippen LogP contribution is -2.04. The Labute approximate surface area is 138 Å². The molecule has 0 amide bonds. The molecule has 1 aromatic heterocycles. The van der Waals surface area contributed by atoms with Crippen LogP contribution in [0.15, 0.2) is 36.5 Å². The van der Waals surface area contributed by atoms with Crippen LogP contribution in [0.5, 0.6) is 5.75 Å². The second-order valence-corrected chi connectivity index (χ2v) is 5.40. The molecule has 0 aliphatic carbocycles. The minimum Gasteiger partial charge on any atom is -0.491 e. The van der Waals surface area contributed by atoms with Crippen LogP contribution in [0.25, 0.3) is 10.9 Å². The summed E-state index contributed by atoms with van der Waals surface area (Å²) < 4.78 is 33.1. The topological polar surface area (TPSA) is 49.1 Å². The van der Waals surface area contributed by atoms with E-state index in [2.05, 4.69) is 15.6 Å². The van der Waals surface area contributed by atoms with Gasteiger partial charge in [0, 0.05) is 29.3 Å². The molecule has 0 unspecified atom stereocenters. The van der Waals surface area contributed by atoms with Crippen LogP contribution in [-0.2, 0) is 6.54 Å². The Morgan fingerprint density at radius 1 is 1.12 bits per heavy atom. The van der Waals surface area contributed by atoms with Gasteiger partial charge in [-0.2, -0.15) is 4.39 Å². The first-order valence-corrected chi connectivity index (χ1v) is 7.76. The molecule has 24 heavy (non-hydrogen) atoms. The highest BCUT2D eigenvalue weighted by molar-refractivity contribution is 5.87. The SMILES string of the molecule is CCOc1ccc(Nc2ccc3c(CNC)c[nH]c3c2)c(F)c1F. The van der Waals surface area contributed by atoms with Gasteiger partial charge in [-0.3, -0.25) is 0 Å². The number of hydrogen-bond donors (Lipinski definition) is 3. The number of anilines is 2. The van der Waals surface area contributed by atoms with E-state index in [9.17, 15) is 8.78 Å². The first-order valence-electron chi connectivity index (χ1n) is 7.76. The maximum Gasteiger partial charge on any atom is 0.202 e. The van der Waals surface area contributed by atoms with Crippen molar-refractivity contribution in [3.05, 3.63) is 53.7 Å². The van der Waals surface area contributed by atoms with Gasteiger partial charge < -0.3 is 20.4 Å². The van der Waals surface area contributed by atoms with Crippen molar-refractivity contribution < 1.29 is 13.5 Å². The molecule has 0 radical (unpaired) electrons. The van der Waals surface area contributed by atoms with Crippen molar-refractivity contribution in [2.24, 2.45) is 0 Å². The Hall–Kier alpha value is -2.60. The predicted molar refractivity (Wildman–Crippen MR) is 91.9 cm³/mol. The van der Waals surface area contributed by atoms with E-state index in [0.717, 1.165) is 23.0 Å². The van der Waals surface area contributed by atoms with Crippen LogP contribution in [0.3, 0.4) is 0 Å². The highest BCUT2D eigenvalue weighted by Crippen LogP contribution is 2.29. The second kappa shape index (κ2) is 6.88. The number of nitrogens with one attached hydrogen (secondary N) is 3. The van der Waals surface area contributed by atoms with Crippen LogP contribution < -0.4 is 15.4 Å². The van der Waals surface area contributed by atoms with E-state index in [1.54, 1.807) is 6.92 Å². The van der Waals surface area contributed by atoms with Gasteiger partial charge in [-0.05, 0) is 43.8 Å². The number of rotatable bonds is 6. The van der Waals surface area contributed by atoms with E-state index in [4.69, 9.17) is 4.74 Å². The van der Waals surface area contributed by atoms with Crippen LogP contribution in [0.1, 0.15) is 12.5 Å². The van der Waals surface area contributed by atoms with Crippen molar-refractivity contribution in [1.82, 2.24) is 10.3 Å². The number of aromatic amines is 1. The predicted octanol–water partition coefficient (Wildman–Crippen LogP) is 4.31. The summed E-state index contributed by atoms with van der Waals surface area (Å²) in [7, 11) is 1.89. The molecule has 3 N–H and O–H groups in total. The van der Waals surface area contributed by atoms with Crippen LogP contribution >= 0.6 is 0 Å². The summed E-state index contributed by atoms with van der Waals surface area (Å²) in [6.45, 7) is 2.75. The minimum absolute atomic E-state index is 0.0670. The van der Waals surface area contributed by atoms with Crippen LogP contribution in [-0.4, -0.2) is 18.6 Å². The van der Waals surface area contributed by atoms with Crippen molar-refractivity contribution in [3.63, 3.8) is 0 Å². The van der Waals surface area contributed by atoms with Crippen molar-refractivity contribution in [3.8, 4) is 5.75 Å². The van der Waals surface area contributed by atoms with E-state index in [1.165, 1.54) is 12.1 Å². The van der Waals surface area contributed by atoms with Crippen molar-refractivity contribution in [1.29, 1.82) is 0 Å². The molecular weight excluding hydrogens is 312 g/mol. The summed E-state index contributed by atoms with van der Waals surface area (Å²) in [6, 6.07) is 8.53. The first-order chi connectivity index (χ1) is 11.6. The maximum atomic E-state index is 14.2. The monoisotopic (exact) mass is 331 g/mol. The molecule has 4 nitrogen and oxygen atoms in total. The molecule has 0 saturated carbocycles. The van der Waals surface area contributed by atoms with Crippen molar-refractivity contribution >= 4 is 22.3 Å². The first kappa shape index (κ1) is 16.3. The molecule has 3 rings (SSSR count). The van der Waals surface area contributed by atoms with Gasteiger partial charge in [-0.25, -0.2) is 4.39 Å². The van der Waals surface area contributed by atoms with Gasteiger partial charge >= 0.3 is 0 Å². The van der Waals surface area contributed by atoms with Gasteiger partial charge in [0.05, 0.1) is 12.3 Å². The standard InChI is InChI=1S/C18H19F2N3O/c1-3-24-16-7-6-14(17(19)18(16)20)23-12-4-5-13-11(9-21-2)10-22-15(13)8-12/h4-8,10,21-23H,3,9H2,1-2H3. The molecular formula is C18H19F2N3O. The number of aromatic nitrogens is 1. The Bertz CT molecular complexity index is 861. The summed E-state index contributed by atoms with van der Waals surface area (Å²) in [5.41, 5.74) is 2.81. The highest BCUT2D eigenvalue weighted by Gasteiger charge is 2.14. The van der Waals surface area contributed by atoms with Gasteiger partial charge in [0.25, 0.3) is 0 Å². The number of H-pyrrole nitrogens is 1. The van der Waals surface area contributed by atoms with Crippen LogP contribution in [0.2, 0.25) is 0 Å². The molecule has 0 aliphatic heterocycles. The molecule has 126 valence electrons. The van der Waals surface area contributed by atoms with E-state index in [0.29, 0.717) is 5.69 Å². The normalized spacial score (nSPS) is 11.0. The fourth-order valence-electron chi connectivity index (χ4n) is 2.65. The Balaban J connectivity index is 1.88. The van der Waals surface area contributed by atoms with E-state index in [1.807, 2.05) is 31.4 Å². The summed E-state index contributed by atoms with van der Waals surface area (Å²) >= 11 is 0. The number of fused-ring (bicyclic) bond motifs is 1. The molecule has 1 heterocycles. The van der Waals surface area contributed by atoms with Gasteiger partial charge in [0.15, 0.2) is 11.6 Å². The second-order valence-electron chi connectivity index (χ2n) is 5.40. The highest BCUT2D eigenvalue weighted by atomic mass is 19.2. The smallest absolute Gasteiger partial charge is 0.202 e. The summed E-state index contributed by atoms with van der Waals surface area (Å²) in [5.74, 6) is -2.03.